The summed E-state index contributed by atoms with van der Waals surface area (Å²) in [5.74, 6) is -0.660. The van der Waals surface area contributed by atoms with Crippen LogP contribution >= 0.6 is 11.3 Å². The van der Waals surface area contributed by atoms with Crippen molar-refractivity contribution in [2.45, 2.75) is 25.2 Å². The van der Waals surface area contributed by atoms with Crippen molar-refractivity contribution in [2.75, 3.05) is 7.11 Å². The summed E-state index contributed by atoms with van der Waals surface area (Å²) in [5, 5.41) is 0. The summed E-state index contributed by atoms with van der Waals surface area (Å²) in [5.41, 5.74) is 5.10. The number of carbonyl (C=O) groups excluding carboxylic acids is 1. The van der Waals surface area contributed by atoms with Gasteiger partial charge in [0.15, 0.2) is 0 Å². The third-order valence-electron chi connectivity index (χ3n) is 5.21. The van der Waals surface area contributed by atoms with Gasteiger partial charge >= 0.3 is 5.97 Å². The molecule has 1 aromatic heterocycles. The number of thiazole rings is 1. The second kappa shape index (κ2) is 6.32. The lowest BCUT2D eigenvalue weighted by Crippen LogP contribution is -2.34. The molecule has 132 valence electrons. The number of ether oxygens (including phenoxy) is 1. The van der Waals surface area contributed by atoms with Crippen LogP contribution in [0.15, 0.2) is 48.0 Å². The fourth-order valence-electron chi connectivity index (χ4n) is 3.82. The van der Waals surface area contributed by atoms with Gasteiger partial charge < -0.3 is 4.74 Å². The Labute approximate surface area is 155 Å². The molecular formula is C21H18FNO2S. The molecule has 26 heavy (non-hydrogen) atoms. The molecule has 3 aromatic rings. The predicted octanol–water partition coefficient (Wildman–Crippen LogP) is 5.03. The Morgan fingerprint density at radius 1 is 1.31 bits per heavy atom. The number of aromatic nitrogens is 1. The molecule has 1 atom stereocenters. The number of rotatable bonds is 3. The molecule has 0 bridgehead atoms. The van der Waals surface area contributed by atoms with E-state index < -0.39 is 5.41 Å². The largest absolute Gasteiger partial charge is 0.468 e. The number of esters is 1. The van der Waals surface area contributed by atoms with Crippen LogP contribution in [0.4, 0.5) is 4.39 Å². The van der Waals surface area contributed by atoms with Crippen molar-refractivity contribution in [3.8, 4) is 0 Å². The first-order chi connectivity index (χ1) is 12.5. The molecule has 3 nitrogen and oxygen atoms in total. The number of hydrogen-bond acceptors (Lipinski definition) is 4. The molecule has 1 unspecified atom stereocenters. The Balaban J connectivity index is 1.86. The zero-order valence-corrected chi connectivity index (χ0v) is 15.4. The van der Waals surface area contributed by atoms with Crippen molar-refractivity contribution in [3.63, 3.8) is 0 Å². The molecular weight excluding hydrogens is 349 g/mol. The zero-order chi connectivity index (χ0) is 18.3. The van der Waals surface area contributed by atoms with E-state index in [9.17, 15) is 9.18 Å². The van der Waals surface area contributed by atoms with E-state index in [0.717, 1.165) is 27.8 Å². The number of benzene rings is 2. The molecule has 0 saturated carbocycles. The van der Waals surface area contributed by atoms with Crippen molar-refractivity contribution in [3.05, 3.63) is 70.5 Å². The number of halogens is 1. The predicted molar refractivity (Wildman–Crippen MR) is 102 cm³/mol. The molecule has 0 saturated heterocycles. The van der Waals surface area contributed by atoms with Crippen LogP contribution in [0.5, 0.6) is 0 Å². The molecule has 1 heterocycles. The number of fused-ring (bicyclic) bond motifs is 1. The van der Waals surface area contributed by atoms with Gasteiger partial charge in [-0.2, -0.15) is 0 Å². The van der Waals surface area contributed by atoms with Crippen LogP contribution < -0.4 is 0 Å². The molecule has 4 rings (SSSR count). The second-order valence-electron chi connectivity index (χ2n) is 6.58. The van der Waals surface area contributed by atoms with Gasteiger partial charge in [-0.1, -0.05) is 24.3 Å². The summed E-state index contributed by atoms with van der Waals surface area (Å²) >= 11 is 1.60. The van der Waals surface area contributed by atoms with Crippen LogP contribution in [0, 0.1) is 12.7 Å². The van der Waals surface area contributed by atoms with E-state index in [4.69, 9.17) is 4.74 Å². The highest BCUT2D eigenvalue weighted by Gasteiger charge is 2.44. The first kappa shape index (κ1) is 16.9. The van der Waals surface area contributed by atoms with E-state index in [0.29, 0.717) is 17.5 Å². The van der Waals surface area contributed by atoms with Crippen LogP contribution in [0.3, 0.4) is 0 Å². The van der Waals surface area contributed by atoms with E-state index in [-0.39, 0.29) is 11.8 Å². The molecule has 2 aromatic carbocycles. The lowest BCUT2D eigenvalue weighted by atomic mass is 9.77. The van der Waals surface area contributed by atoms with Gasteiger partial charge in [-0.05, 0) is 60.2 Å². The van der Waals surface area contributed by atoms with E-state index in [2.05, 4.69) is 17.1 Å². The highest BCUT2D eigenvalue weighted by molar-refractivity contribution is 7.16. The molecule has 1 aliphatic carbocycles. The normalized spacial score (nSPS) is 19.6. The maximum atomic E-state index is 14.1. The highest BCUT2D eigenvalue weighted by atomic mass is 32.1. The van der Waals surface area contributed by atoms with Gasteiger partial charge in [0.05, 0.1) is 22.8 Å². The number of carbonyl (C=O) groups is 1. The summed E-state index contributed by atoms with van der Waals surface area (Å²) in [6.45, 7) is 1.71. The fourth-order valence-corrected chi connectivity index (χ4v) is 4.47. The van der Waals surface area contributed by atoms with E-state index in [1.807, 2.05) is 23.7 Å². The lowest BCUT2D eigenvalue weighted by molar-refractivity contribution is -0.145. The van der Waals surface area contributed by atoms with Gasteiger partial charge in [-0.25, -0.2) is 9.37 Å². The third kappa shape index (κ3) is 2.54. The topological polar surface area (TPSA) is 39.2 Å². The molecule has 0 fully saturated rings. The maximum absolute atomic E-state index is 14.1. The van der Waals surface area contributed by atoms with Gasteiger partial charge in [-0.15, -0.1) is 11.3 Å². The average Bonchev–Trinajstić information content (AvgIpc) is 3.30. The first-order valence-corrected chi connectivity index (χ1v) is 9.32. The van der Waals surface area contributed by atoms with Crippen LogP contribution in [0.1, 0.15) is 29.5 Å². The third-order valence-corrected chi connectivity index (χ3v) is 6.02. The molecule has 0 spiro atoms. The van der Waals surface area contributed by atoms with Gasteiger partial charge in [0.25, 0.3) is 0 Å². The number of hydrogen-bond donors (Lipinski definition) is 0. The fraction of sp³-hybridized carbons (Fsp3) is 0.238. The van der Waals surface area contributed by atoms with Crippen molar-refractivity contribution >= 4 is 33.1 Å². The maximum Gasteiger partial charge on any atom is 0.320 e. The number of allylic oxidation sites excluding steroid dienone is 1. The smallest absolute Gasteiger partial charge is 0.320 e. The number of methoxy groups -OCH3 is 1. The minimum absolute atomic E-state index is 0.309. The van der Waals surface area contributed by atoms with E-state index >= 15 is 0 Å². The van der Waals surface area contributed by atoms with Crippen LogP contribution in [-0.4, -0.2) is 18.1 Å². The molecule has 0 amide bonds. The average molecular weight is 367 g/mol. The summed E-state index contributed by atoms with van der Waals surface area (Å²) in [6.07, 6.45) is 3.24. The summed E-state index contributed by atoms with van der Waals surface area (Å²) in [4.78, 5) is 17.1. The Kier molecular flexibility index (Phi) is 4.11. The van der Waals surface area contributed by atoms with Crippen LogP contribution in [-0.2, 0) is 14.9 Å². The van der Waals surface area contributed by atoms with Gasteiger partial charge in [-0.3, -0.25) is 4.79 Å². The van der Waals surface area contributed by atoms with Gasteiger partial charge in [0, 0.05) is 0 Å². The van der Waals surface area contributed by atoms with Crippen molar-refractivity contribution in [1.82, 2.24) is 4.98 Å². The minimum Gasteiger partial charge on any atom is -0.468 e. The molecule has 0 N–H and O–H groups in total. The minimum atomic E-state index is -0.951. The SMILES string of the molecule is COC(=O)C1(c2cccc(F)c2C)C=C(c2ccc3scnc3c2)CC1. The summed E-state index contributed by atoms with van der Waals surface area (Å²) in [7, 11) is 1.38. The summed E-state index contributed by atoms with van der Waals surface area (Å²) < 4.78 is 20.4. The lowest BCUT2D eigenvalue weighted by Gasteiger charge is -2.26. The standard InChI is InChI=1S/C21H18FNO2S/c1-13-16(4-3-5-17(13)22)21(20(24)25-2)9-8-15(11-21)14-6-7-19-18(10-14)23-12-26-19/h3-7,10-12H,8-9H2,1-2H3. The number of nitrogens with zero attached hydrogens (tertiary/aromatic N) is 1. The molecule has 5 heteroatoms. The molecule has 0 radical (unpaired) electrons. The zero-order valence-electron chi connectivity index (χ0n) is 14.6. The first-order valence-electron chi connectivity index (χ1n) is 8.44. The van der Waals surface area contributed by atoms with Crippen LogP contribution in [0.25, 0.3) is 15.8 Å². The van der Waals surface area contributed by atoms with Crippen molar-refractivity contribution in [2.24, 2.45) is 0 Å². The molecule has 0 aliphatic heterocycles. The Hall–Kier alpha value is -2.53. The summed E-state index contributed by atoms with van der Waals surface area (Å²) in [6, 6.07) is 11.0. The van der Waals surface area contributed by atoms with Gasteiger partial charge in [0.2, 0.25) is 0 Å². The highest BCUT2D eigenvalue weighted by Crippen LogP contribution is 2.45. The monoisotopic (exact) mass is 367 g/mol. The van der Waals surface area contributed by atoms with E-state index in [1.165, 1.54) is 13.2 Å². The Bertz CT molecular complexity index is 1040. The second-order valence-corrected chi connectivity index (χ2v) is 7.47. The quantitative estimate of drug-likeness (QED) is 0.609. The van der Waals surface area contributed by atoms with E-state index in [1.54, 1.807) is 24.3 Å². The Morgan fingerprint density at radius 3 is 2.96 bits per heavy atom. The molecule has 1 aliphatic rings. The van der Waals surface area contributed by atoms with Crippen LogP contribution in [0.2, 0.25) is 0 Å². The van der Waals surface area contributed by atoms with Crippen molar-refractivity contribution in [1.29, 1.82) is 0 Å². The van der Waals surface area contributed by atoms with Gasteiger partial charge in [0.1, 0.15) is 11.2 Å². The Morgan fingerprint density at radius 2 is 2.15 bits per heavy atom. The van der Waals surface area contributed by atoms with Crippen molar-refractivity contribution < 1.29 is 13.9 Å².